The highest BCUT2D eigenvalue weighted by molar-refractivity contribution is 5.30. The Balaban J connectivity index is 2.09. The minimum Gasteiger partial charge on any atom is -0.497 e. The molecule has 3 heteroatoms. The summed E-state index contributed by atoms with van der Waals surface area (Å²) in [5, 5.41) is 0. The summed E-state index contributed by atoms with van der Waals surface area (Å²) in [6.07, 6.45) is 3.48. The van der Waals surface area contributed by atoms with Gasteiger partial charge in [0, 0.05) is 6.04 Å². The first-order chi connectivity index (χ1) is 8.74. The fourth-order valence-corrected chi connectivity index (χ4v) is 2.02. The van der Waals surface area contributed by atoms with Gasteiger partial charge in [0.1, 0.15) is 5.75 Å². The first kappa shape index (κ1) is 13.4. The first-order valence-corrected chi connectivity index (χ1v) is 6.75. The van der Waals surface area contributed by atoms with Crippen LogP contribution in [0.25, 0.3) is 0 Å². The van der Waals surface area contributed by atoms with Gasteiger partial charge in [-0.1, -0.05) is 19.1 Å². The lowest BCUT2D eigenvalue weighted by Gasteiger charge is -2.24. The maximum Gasteiger partial charge on any atom is 0.119 e. The molecular formula is C15H23NO2. The van der Waals surface area contributed by atoms with Crippen LogP contribution in [0.15, 0.2) is 24.3 Å². The monoisotopic (exact) mass is 249 g/mol. The van der Waals surface area contributed by atoms with E-state index in [1.807, 2.05) is 18.2 Å². The quantitative estimate of drug-likeness (QED) is 0.808. The summed E-state index contributed by atoms with van der Waals surface area (Å²) in [7, 11) is 1.68. The van der Waals surface area contributed by atoms with E-state index in [1.54, 1.807) is 7.11 Å². The summed E-state index contributed by atoms with van der Waals surface area (Å²) in [6.45, 7) is 2.92. The molecule has 0 bridgehead atoms. The van der Waals surface area contributed by atoms with Gasteiger partial charge in [-0.3, -0.25) is 0 Å². The lowest BCUT2D eigenvalue weighted by Crippen LogP contribution is -2.30. The zero-order chi connectivity index (χ0) is 13.0. The van der Waals surface area contributed by atoms with E-state index in [9.17, 15) is 0 Å². The van der Waals surface area contributed by atoms with E-state index in [4.69, 9.17) is 15.2 Å². The Morgan fingerprint density at radius 1 is 1.39 bits per heavy atom. The molecule has 2 N–H and O–H groups in total. The smallest absolute Gasteiger partial charge is 0.119 e. The molecule has 1 saturated carbocycles. The van der Waals surface area contributed by atoms with Crippen LogP contribution in [-0.2, 0) is 4.74 Å². The van der Waals surface area contributed by atoms with Crippen LogP contribution in [0.5, 0.6) is 5.75 Å². The van der Waals surface area contributed by atoms with Gasteiger partial charge < -0.3 is 15.2 Å². The molecular weight excluding hydrogens is 226 g/mol. The summed E-state index contributed by atoms with van der Waals surface area (Å²) in [6, 6.07) is 8.06. The Bertz CT molecular complexity index is 377. The number of ether oxygens (including phenoxy) is 2. The van der Waals surface area contributed by atoms with E-state index in [0.29, 0.717) is 0 Å². The summed E-state index contributed by atoms with van der Waals surface area (Å²) in [5.41, 5.74) is 7.30. The van der Waals surface area contributed by atoms with E-state index in [2.05, 4.69) is 13.0 Å². The summed E-state index contributed by atoms with van der Waals surface area (Å²) in [5.74, 6) is 1.61. The third-order valence-corrected chi connectivity index (χ3v) is 3.49. The number of nitrogens with two attached hydrogens (primary N) is 1. The Hall–Kier alpha value is -1.06. The van der Waals surface area contributed by atoms with Crippen LogP contribution in [0.4, 0.5) is 0 Å². The summed E-state index contributed by atoms with van der Waals surface area (Å²) >= 11 is 0. The zero-order valence-electron chi connectivity index (χ0n) is 11.3. The standard InChI is InChI=1S/C15H23NO2/c1-3-14(16)15(18-10-11-7-8-11)12-5-4-6-13(9-12)17-2/h4-6,9,11,14-15H,3,7-8,10,16H2,1-2H3. The van der Waals surface area contributed by atoms with Crippen molar-refractivity contribution < 1.29 is 9.47 Å². The second kappa shape index (κ2) is 6.21. The SMILES string of the molecule is CCC(N)C(OCC1CC1)c1cccc(OC)c1. The van der Waals surface area contributed by atoms with Gasteiger partial charge >= 0.3 is 0 Å². The Morgan fingerprint density at radius 3 is 2.78 bits per heavy atom. The van der Waals surface area contributed by atoms with Crippen LogP contribution in [0.3, 0.4) is 0 Å². The molecule has 0 saturated heterocycles. The van der Waals surface area contributed by atoms with Gasteiger partial charge in [-0.15, -0.1) is 0 Å². The third kappa shape index (κ3) is 3.47. The fraction of sp³-hybridized carbons (Fsp3) is 0.600. The second-order valence-corrected chi connectivity index (χ2v) is 5.05. The van der Waals surface area contributed by atoms with E-state index in [-0.39, 0.29) is 12.1 Å². The number of methoxy groups -OCH3 is 1. The average molecular weight is 249 g/mol. The molecule has 0 aliphatic heterocycles. The maximum absolute atomic E-state index is 6.18. The van der Waals surface area contributed by atoms with Gasteiger partial charge in [-0.2, -0.15) is 0 Å². The number of hydrogen-bond acceptors (Lipinski definition) is 3. The van der Waals surface area contributed by atoms with Crippen molar-refractivity contribution in [3.05, 3.63) is 29.8 Å². The molecule has 1 fully saturated rings. The fourth-order valence-electron chi connectivity index (χ4n) is 2.02. The van der Waals surface area contributed by atoms with Crippen molar-refractivity contribution in [2.45, 2.75) is 38.3 Å². The van der Waals surface area contributed by atoms with Crippen molar-refractivity contribution in [1.29, 1.82) is 0 Å². The van der Waals surface area contributed by atoms with Crippen LogP contribution < -0.4 is 10.5 Å². The van der Waals surface area contributed by atoms with Crippen molar-refractivity contribution >= 4 is 0 Å². The van der Waals surface area contributed by atoms with Crippen LogP contribution in [0.2, 0.25) is 0 Å². The van der Waals surface area contributed by atoms with Gasteiger partial charge in [-0.05, 0) is 42.9 Å². The molecule has 1 aliphatic carbocycles. The molecule has 2 rings (SSSR count). The summed E-state index contributed by atoms with van der Waals surface area (Å²) in [4.78, 5) is 0. The molecule has 0 aromatic heterocycles. The van der Waals surface area contributed by atoms with E-state index in [1.165, 1.54) is 12.8 Å². The molecule has 1 aromatic carbocycles. The topological polar surface area (TPSA) is 44.5 Å². The van der Waals surface area contributed by atoms with Gasteiger partial charge in [0.2, 0.25) is 0 Å². The van der Waals surface area contributed by atoms with Crippen LogP contribution in [-0.4, -0.2) is 19.8 Å². The lowest BCUT2D eigenvalue weighted by molar-refractivity contribution is 0.0267. The minimum atomic E-state index is -0.0225. The molecule has 0 spiro atoms. The largest absolute Gasteiger partial charge is 0.497 e. The highest BCUT2D eigenvalue weighted by Gasteiger charge is 2.26. The van der Waals surface area contributed by atoms with Crippen molar-refractivity contribution in [2.24, 2.45) is 11.7 Å². The second-order valence-electron chi connectivity index (χ2n) is 5.05. The zero-order valence-corrected chi connectivity index (χ0v) is 11.3. The molecule has 1 aromatic rings. The maximum atomic E-state index is 6.18. The molecule has 0 amide bonds. The Morgan fingerprint density at radius 2 is 2.17 bits per heavy atom. The molecule has 3 nitrogen and oxygen atoms in total. The Kier molecular flexibility index (Phi) is 4.61. The molecule has 18 heavy (non-hydrogen) atoms. The van der Waals surface area contributed by atoms with E-state index < -0.39 is 0 Å². The molecule has 0 heterocycles. The normalized spacial score (nSPS) is 18.4. The minimum absolute atomic E-state index is 0.0225. The van der Waals surface area contributed by atoms with Gasteiger partial charge in [-0.25, -0.2) is 0 Å². The van der Waals surface area contributed by atoms with Gasteiger partial charge in [0.25, 0.3) is 0 Å². The Labute approximate surface area is 109 Å². The van der Waals surface area contributed by atoms with E-state index >= 15 is 0 Å². The van der Waals surface area contributed by atoms with Crippen molar-refractivity contribution in [3.63, 3.8) is 0 Å². The summed E-state index contributed by atoms with van der Waals surface area (Å²) < 4.78 is 11.3. The molecule has 2 atom stereocenters. The average Bonchev–Trinajstić information content (AvgIpc) is 3.23. The van der Waals surface area contributed by atoms with Crippen LogP contribution in [0.1, 0.15) is 37.9 Å². The van der Waals surface area contributed by atoms with Crippen LogP contribution >= 0.6 is 0 Å². The molecule has 1 aliphatic rings. The highest BCUT2D eigenvalue weighted by Crippen LogP contribution is 2.32. The van der Waals surface area contributed by atoms with Crippen molar-refractivity contribution in [3.8, 4) is 5.75 Å². The van der Waals surface area contributed by atoms with Gasteiger partial charge in [0.05, 0.1) is 19.8 Å². The van der Waals surface area contributed by atoms with Crippen LogP contribution in [0, 0.1) is 5.92 Å². The molecule has 0 radical (unpaired) electrons. The van der Waals surface area contributed by atoms with E-state index in [0.717, 1.165) is 30.3 Å². The predicted octanol–water partition coefficient (Wildman–Crippen LogP) is 2.90. The number of hydrogen-bond donors (Lipinski definition) is 1. The van der Waals surface area contributed by atoms with Crippen molar-refractivity contribution in [2.75, 3.05) is 13.7 Å². The van der Waals surface area contributed by atoms with Gasteiger partial charge in [0.15, 0.2) is 0 Å². The lowest BCUT2D eigenvalue weighted by atomic mass is 10.0. The first-order valence-electron chi connectivity index (χ1n) is 6.75. The molecule has 2 unspecified atom stereocenters. The number of rotatable bonds is 7. The predicted molar refractivity (Wildman–Crippen MR) is 72.7 cm³/mol. The third-order valence-electron chi connectivity index (χ3n) is 3.49. The number of benzene rings is 1. The van der Waals surface area contributed by atoms with Crippen molar-refractivity contribution in [1.82, 2.24) is 0 Å². The molecule has 100 valence electrons. The highest BCUT2D eigenvalue weighted by atomic mass is 16.5.